The van der Waals surface area contributed by atoms with Crippen molar-refractivity contribution in [1.29, 1.82) is 0 Å². The lowest BCUT2D eigenvalue weighted by atomic mass is 10.3. The Morgan fingerprint density at radius 3 is 2.93 bits per heavy atom. The van der Waals surface area contributed by atoms with Crippen molar-refractivity contribution < 1.29 is 4.39 Å². The van der Waals surface area contributed by atoms with Gasteiger partial charge in [-0.25, -0.2) is 9.07 Å². The predicted octanol–water partition coefficient (Wildman–Crippen LogP) is 2.82. The van der Waals surface area contributed by atoms with Crippen LogP contribution in [0, 0.1) is 5.82 Å². The zero-order chi connectivity index (χ0) is 10.8. The summed E-state index contributed by atoms with van der Waals surface area (Å²) in [6.07, 6.45) is 1.66. The van der Waals surface area contributed by atoms with Crippen molar-refractivity contribution >= 4 is 21.7 Å². The van der Waals surface area contributed by atoms with Crippen LogP contribution in [0.3, 0.4) is 0 Å². The second-order valence-electron chi connectivity index (χ2n) is 2.98. The molecule has 1 N–H and O–H groups in total. The number of nitrogens with zero attached hydrogens (tertiary/aromatic N) is 2. The number of benzene rings is 1. The van der Waals surface area contributed by atoms with E-state index < -0.39 is 0 Å². The van der Waals surface area contributed by atoms with Crippen molar-refractivity contribution in [2.75, 3.05) is 12.4 Å². The molecule has 0 atom stereocenters. The normalized spacial score (nSPS) is 10.3. The molecule has 1 aromatic heterocycles. The first kappa shape index (κ1) is 10.2. The molecule has 5 heteroatoms. The van der Waals surface area contributed by atoms with Crippen LogP contribution < -0.4 is 5.32 Å². The third kappa shape index (κ3) is 1.87. The quantitative estimate of drug-likeness (QED) is 0.909. The summed E-state index contributed by atoms with van der Waals surface area (Å²) in [7, 11) is 1.79. The summed E-state index contributed by atoms with van der Waals surface area (Å²) in [6.45, 7) is 0. The second kappa shape index (κ2) is 4.02. The third-order valence-electron chi connectivity index (χ3n) is 2.01. The zero-order valence-corrected chi connectivity index (χ0v) is 9.62. The third-order valence-corrected chi connectivity index (χ3v) is 2.59. The molecule has 0 aliphatic rings. The van der Waals surface area contributed by atoms with Crippen molar-refractivity contribution in [2.24, 2.45) is 0 Å². The second-order valence-corrected chi connectivity index (χ2v) is 3.84. The summed E-state index contributed by atoms with van der Waals surface area (Å²) in [5.41, 5.74) is 0.685. The molecule has 0 fully saturated rings. The minimum Gasteiger partial charge on any atom is -0.372 e. The molecule has 0 radical (unpaired) electrons. The molecule has 0 bridgehead atoms. The summed E-state index contributed by atoms with van der Waals surface area (Å²) in [4.78, 5) is 0. The highest BCUT2D eigenvalue weighted by Crippen LogP contribution is 2.24. The average molecular weight is 270 g/mol. The number of anilines is 1. The summed E-state index contributed by atoms with van der Waals surface area (Å²) < 4.78 is 15.5. The zero-order valence-electron chi connectivity index (χ0n) is 8.04. The molecule has 2 aromatic rings. The topological polar surface area (TPSA) is 29.9 Å². The van der Waals surface area contributed by atoms with Crippen LogP contribution in [0.4, 0.5) is 10.2 Å². The van der Waals surface area contributed by atoms with Gasteiger partial charge in [-0.05, 0) is 34.1 Å². The summed E-state index contributed by atoms with van der Waals surface area (Å²) >= 11 is 3.35. The first-order valence-corrected chi connectivity index (χ1v) is 5.19. The Morgan fingerprint density at radius 1 is 1.47 bits per heavy atom. The number of hydrogen-bond donors (Lipinski definition) is 1. The van der Waals surface area contributed by atoms with E-state index in [2.05, 4.69) is 26.3 Å². The summed E-state index contributed by atoms with van der Waals surface area (Å²) in [5.74, 6) is 0.516. The summed E-state index contributed by atoms with van der Waals surface area (Å²) in [5, 5.41) is 7.13. The molecule has 3 nitrogen and oxygen atoms in total. The Kier molecular flexibility index (Phi) is 2.73. The molecule has 1 heterocycles. The van der Waals surface area contributed by atoms with Crippen LogP contribution in [0.5, 0.6) is 0 Å². The maximum absolute atomic E-state index is 13.0. The number of halogens is 2. The number of rotatable bonds is 2. The maximum atomic E-state index is 13.0. The number of nitrogens with one attached hydrogen (secondary N) is 1. The Balaban J connectivity index is 2.54. The maximum Gasteiger partial charge on any atom is 0.143 e. The van der Waals surface area contributed by atoms with E-state index >= 15 is 0 Å². The van der Waals surface area contributed by atoms with Crippen LogP contribution in [0.15, 0.2) is 34.9 Å². The standard InChI is InChI=1S/C10H9BrFN3/c1-13-10-9(11)6-14-15(10)8-4-2-3-7(12)5-8/h2-6,13H,1H3. The lowest BCUT2D eigenvalue weighted by Crippen LogP contribution is -2.02. The van der Waals surface area contributed by atoms with E-state index in [1.807, 2.05) is 0 Å². The smallest absolute Gasteiger partial charge is 0.143 e. The first-order chi connectivity index (χ1) is 7.22. The van der Waals surface area contributed by atoms with E-state index in [0.29, 0.717) is 5.69 Å². The van der Waals surface area contributed by atoms with Gasteiger partial charge in [-0.2, -0.15) is 5.10 Å². The molecule has 2 rings (SSSR count). The van der Waals surface area contributed by atoms with Gasteiger partial charge in [0.15, 0.2) is 0 Å². The largest absolute Gasteiger partial charge is 0.372 e. The van der Waals surface area contributed by atoms with Crippen molar-refractivity contribution in [2.45, 2.75) is 0 Å². The van der Waals surface area contributed by atoms with Crippen LogP contribution in [-0.4, -0.2) is 16.8 Å². The van der Waals surface area contributed by atoms with E-state index in [9.17, 15) is 4.39 Å². The molecule has 0 unspecified atom stereocenters. The number of aromatic nitrogens is 2. The minimum absolute atomic E-state index is 0.277. The molecule has 0 amide bonds. The van der Waals surface area contributed by atoms with Gasteiger partial charge in [0.1, 0.15) is 11.6 Å². The highest BCUT2D eigenvalue weighted by Gasteiger charge is 2.08. The fraction of sp³-hybridized carbons (Fsp3) is 0.100. The monoisotopic (exact) mass is 269 g/mol. The lowest BCUT2D eigenvalue weighted by molar-refractivity contribution is 0.625. The van der Waals surface area contributed by atoms with E-state index in [4.69, 9.17) is 0 Å². The van der Waals surface area contributed by atoms with Crippen LogP contribution in [0.1, 0.15) is 0 Å². The molecule has 0 saturated heterocycles. The Morgan fingerprint density at radius 2 is 2.27 bits per heavy atom. The molecule has 0 aliphatic heterocycles. The number of hydrogen-bond acceptors (Lipinski definition) is 2. The predicted molar refractivity (Wildman–Crippen MR) is 60.8 cm³/mol. The van der Waals surface area contributed by atoms with E-state index in [1.165, 1.54) is 12.1 Å². The van der Waals surface area contributed by atoms with Crippen molar-refractivity contribution in [3.63, 3.8) is 0 Å². The highest BCUT2D eigenvalue weighted by atomic mass is 79.9. The fourth-order valence-corrected chi connectivity index (χ4v) is 1.82. The van der Waals surface area contributed by atoms with E-state index in [0.717, 1.165) is 10.3 Å². The van der Waals surface area contributed by atoms with Gasteiger partial charge in [0.05, 0.1) is 16.4 Å². The fourth-order valence-electron chi connectivity index (χ4n) is 1.36. The van der Waals surface area contributed by atoms with Crippen molar-refractivity contribution in [3.8, 4) is 5.69 Å². The van der Waals surface area contributed by atoms with Gasteiger partial charge in [-0.15, -0.1) is 0 Å². The molecule has 0 aliphatic carbocycles. The Bertz CT molecular complexity index is 481. The van der Waals surface area contributed by atoms with Crippen LogP contribution in [-0.2, 0) is 0 Å². The first-order valence-electron chi connectivity index (χ1n) is 4.39. The molecular weight excluding hydrogens is 261 g/mol. The highest BCUT2D eigenvalue weighted by molar-refractivity contribution is 9.10. The van der Waals surface area contributed by atoms with Crippen molar-refractivity contribution in [1.82, 2.24) is 9.78 Å². The van der Waals surface area contributed by atoms with Gasteiger partial charge in [0.2, 0.25) is 0 Å². The SMILES string of the molecule is CNc1c(Br)cnn1-c1cccc(F)c1. The Hall–Kier alpha value is -1.36. The lowest BCUT2D eigenvalue weighted by Gasteiger charge is -2.06. The van der Waals surface area contributed by atoms with Gasteiger partial charge in [0, 0.05) is 7.05 Å². The van der Waals surface area contributed by atoms with Crippen LogP contribution in [0.2, 0.25) is 0 Å². The molecule has 78 valence electrons. The van der Waals surface area contributed by atoms with Crippen LogP contribution in [0.25, 0.3) is 5.69 Å². The van der Waals surface area contributed by atoms with Gasteiger partial charge in [-0.1, -0.05) is 6.07 Å². The average Bonchev–Trinajstić information content (AvgIpc) is 2.59. The van der Waals surface area contributed by atoms with E-state index in [1.54, 1.807) is 30.1 Å². The van der Waals surface area contributed by atoms with Gasteiger partial charge >= 0.3 is 0 Å². The Labute approximate surface area is 95.0 Å². The molecular formula is C10H9BrFN3. The van der Waals surface area contributed by atoms with Gasteiger partial charge in [-0.3, -0.25) is 0 Å². The van der Waals surface area contributed by atoms with Gasteiger partial charge < -0.3 is 5.32 Å². The molecule has 1 aromatic carbocycles. The minimum atomic E-state index is -0.277. The molecule has 0 spiro atoms. The van der Waals surface area contributed by atoms with Crippen molar-refractivity contribution in [3.05, 3.63) is 40.8 Å². The molecule has 15 heavy (non-hydrogen) atoms. The summed E-state index contributed by atoms with van der Waals surface area (Å²) in [6, 6.07) is 6.28. The van der Waals surface area contributed by atoms with E-state index in [-0.39, 0.29) is 5.82 Å². The molecule has 0 saturated carbocycles. The van der Waals surface area contributed by atoms with Crippen LogP contribution >= 0.6 is 15.9 Å². The van der Waals surface area contributed by atoms with Gasteiger partial charge in [0.25, 0.3) is 0 Å².